The molecule has 1 heterocycles. The molecule has 0 fully saturated rings. The lowest BCUT2D eigenvalue weighted by Gasteiger charge is -2.13. The molecular weight excluding hydrogens is 461 g/mol. The van der Waals surface area contributed by atoms with Crippen molar-refractivity contribution in [1.82, 2.24) is 10.2 Å². The first-order chi connectivity index (χ1) is 14.8. The van der Waals surface area contributed by atoms with Crippen LogP contribution in [0.25, 0.3) is 0 Å². The summed E-state index contributed by atoms with van der Waals surface area (Å²) in [6, 6.07) is 7.33. The molecule has 0 spiro atoms. The summed E-state index contributed by atoms with van der Waals surface area (Å²) in [4.78, 5) is 12.5. The maximum atomic E-state index is 13.9. The number of benzene rings is 2. The summed E-state index contributed by atoms with van der Waals surface area (Å²) in [5.41, 5.74) is -2.41. The Kier molecular flexibility index (Phi) is 6.12. The van der Waals surface area contributed by atoms with E-state index in [-0.39, 0.29) is 10.6 Å². The van der Waals surface area contributed by atoms with Gasteiger partial charge in [-0.05, 0) is 36.4 Å². The summed E-state index contributed by atoms with van der Waals surface area (Å²) in [5, 5.41) is 8.33. The van der Waals surface area contributed by atoms with Crippen molar-refractivity contribution in [2.24, 2.45) is 0 Å². The van der Waals surface area contributed by atoms with Gasteiger partial charge >= 0.3 is 6.18 Å². The fraction of sp³-hybridized carbons (Fsp3) is 0.105. The standard InChI is InChI=1S/C19H12F5N3O4S/c1-32(29,30)12-4-2-3-11(8-12)25-17(28)13-9-16(19(22,23)24)26-27-18(13)31-15-7-10(20)5-6-14(15)21/h2-9H,1H3,(H,25,28). The lowest BCUT2D eigenvalue weighted by Crippen LogP contribution is -2.18. The largest absolute Gasteiger partial charge is 0.435 e. The molecule has 0 bridgehead atoms. The molecular formula is C19H12F5N3O4S. The Morgan fingerprint density at radius 2 is 1.75 bits per heavy atom. The van der Waals surface area contributed by atoms with Gasteiger partial charge in [0.2, 0.25) is 0 Å². The zero-order valence-electron chi connectivity index (χ0n) is 15.9. The van der Waals surface area contributed by atoms with Gasteiger partial charge in [-0.15, -0.1) is 10.2 Å². The van der Waals surface area contributed by atoms with Gasteiger partial charge in [0.25, 0.3) is 11.8 Å². The number of nitrogens with zero attached hydrogens (tertiary/aromatic N) is 2. The Labute approximate surface area is 177 Å². The molecule has 0 aliphatic carbocycles. The third-order valence-electron chi connectivity index (χ3n) is 3.92. The van der Waals surface area contributed by atoms with Crippen LogP contribution in [0, 0.1) is 11.6 Å². The molecule has 0 unspecified atom stereocenters. The van der Waals surface area contributed by atoms with E-state index >= 15 is 0 Å². The van der Waals surface area contributed by atoms with Crippen molar-refractivity contribution >= 4 is 21.4 Å². The van der Waals surface area contributed by atoms with Crippen LogP contribution in [0.3, 0.4) is 0 Å². The SMILES string of the molecule is CS(=O)(=O)c1cccc(NC(=O)c2cc(C(F)(F)F)nnc2Oc2cc(F)ccc2F)c1. The molecule has 2 aromatic carbocycles. The third-order valence-corrected chi connectivity index (χ3v) is 5.03. The van der Waals surface area contributed by atoms with E-state index in [1.54, 1.807) is 0 Å². The third kappa shape index (κ3) is 5.35. The van der Waals surface area contributed by atoms with Crippen molar-refractivity contribution in [2.45, 2.75) is 11.1 Å². The Hall–Kier alpha value is -3.61. The van der Waals surface area contributed by atoms with Crippen LogP contribution in [0.5, 0.6) is 11.6 Å². The number of alkyl halides is 3. The second-order valence-corrected chi connectivity index (χ2v) is 8.39. The highest BCUT2D eigenvalue weighted by Gasteiger charge is 2.35. The zero-order valence-corrected chi connectivity index (χ0v) is 16.8. The minimum atomic E-state index is -4.97. The van der Waals surface area contributed by atoms with Crippen LogP contribution in [0.2, 0.25) is 0 Å². The van der Waals surface area contributed by atoms with E-state index in [0.717, 1.165) is 18.4 Å². The van der Waals surface area contributed by atoms with Crippen molar-refractivity contribution in [2.75, 3.05) is 11.6 Å². The minimum absolute atomic E-state index is 0.0637. The van der Waals surface area contributed by atoms with Crippen LogP contribution in [0.15, 0.2) is 53.4 Å². The highest BCUT2D eigenvalue weighted by atomic mass is 32.2. The number of halogens is 5. The number of carbonyl (C=O) groups is 1. The zero-order chi connectivity index (χ0) is 23.7. The lowest BCUT2D eigenvalue weighted by molar-refractivity contribution is -0.141. The van der Waals surface area contributed by atoms with Gasteiger partial charge in [0.1, 0.15) is 11.4 Å². The highest BCUT2D eigenvalue weighted by molar-refractivity contribution is 7.90. The lowest BCUT2D eigenvalue weighted by atomic mass is 10.2. The summed E-state index contributed by atoms with van der Waals surface area (Å²) in [6.07, 6.45) is -4.04. The summed E-state index contributed by atoms with van der Waals surface area (Å²) >= 11 is 0. The van der Waals surface area contributed by atoms with Gasteiger partial charge in [-0.25, -0.2) is 17.2 Å². The Bertz CT molecular complexity index is 1300. The molecule has 7 nitrogen and oxygen atoms in total. The number of rotatable bonds is 5. The van der Waals surface area contributed by atoms with E-state index in [2.05, 4.69) is 15.5 Å². The molecule has 0 saturated heterocycles. The molecule has 0 radical (unpaired) electrons. The molecule has 0 atom stereocenters. The average molecular weight is 473 g/mol. The van der Waals surface area contributed by atoms with Gasteiger partial charge in [0.05, 0.1) is 4.90 Å². The first-order valence-corrected chi connectivity index (χ1v) is 10.4. The van der Waals surface area contributed by atoms with Gasteiger partial charge in [-0.1, -0.05) is 6.07 Å². The number of ether oxygens (including phenoxy) is 1. The molecule has 168 valence electrons. The number of anilines is 1. The molecule has 0 saturated carbocycles. The Morgan fingerprint density at radius 1 is 1.03 bits per heavy atom. The number of hydrogen-bond acceptors (Lipinski definition) is 6. The predicted molar refractivity (Wildman–Crippen MR) is 101 cm³/mol. The summed E-state index contributed by atoms with van der Waals surface area (Å²) < 4.78 is 94.8. The molecule has 0 aliphatic rings. The number of amides is 1. The molecule has 1 N–H and O–H groups in total. The van der Waals surface area contributed by atoms with Gasteiger partial charge in [-0.2, -0.15) is 13.2 Å². The van der Waals surface area contributed by atoms with Gasteiger partial charge < -0.3 is 10.1 Å². The van der Waals surface area contributed by atoms with Crippen molar-refractivity contribution in [3.05, 3.63) is 71.4 Å². The summed E-state index contributed by atoms with van der Waals surface area (Å²) in [7, 11) is -3.63. The minimum Gasteiger partial charge on any atom is -0.434 e. The van der Waals surface area contributed by atoms with Crippen molar-refractivity contribution in [3.8, 4) is 11.6 Å². The molecule has 0 aliphatic heterocycles. The molecule has 1 aromatic heterocycles. The predicted octanol–water partition coefficient (Wildman–Crippen LogP) is 4.22. The normalized spacial score (nSPS) is 11.8. The van der Waals surface area contributed by atoms with Crippen LogP contribution < -0.4 is 10.1 Å². The van der Waals surface area contributed by atoms with Crippen molar-refractivity contribution < 1.29 is 39.9 Å². The maximum absolute atomic E-state index is 13.9. The monoisotopic (exact) mass is 473 g/mol. The van der Waals surface area contributed by atoms with E-state index in [9.17, 15) is 35.2 Å². The molecule has 1 amide bonds. The number of aromatic nitrogens is 2. The second kappa shape index (κ2) is 8.49. The van der Waals surface area contributed by atoms with E-state index < -0.39 is 56.4 Å². The number of hydrogen-bond donors (Lipinski definition) is 1. The summed E-state index contributed by atoms with van der Waals surface area (Å²) in [6.45, 7) is 0. The fourth-order valence-corrected chi connectivity index (χ4v) is 3.09. The number of sulfone groups is 1. The van der Waals surface area contributed by atoms with Crippen LogP contribution in [0.1, 0.15) is 16.1 Å². The van der Waals surface area contributed by atoms with E-state index in [4.69, 9.17) is 4.74 Å². The average Bonchev–Trinajstić information content (AvgIpc) is 2.69. The quantitative estimate of drug-likeness (QED) is 0.558. The summed E-state index contributed by atoms with van der Waals surface area (Å²) in [5.74, 6) is -4.75. The Morgan fingerprint density at radius 3 is 2.41 bits per heavy atom. The van der Waals surface area contributed by atoms with Crippen molar-refractivity contribution in [1.29, 1.82) is 0 Å². The van der Waals surface area contributed by atoms with Crippen LogP contribution in [0.4, 0.5) is 27.6 Å². The van der Waals surface area contributed by atoms with Crippen LogP contribution >= 0.6 is 0 Å². The maximum Gasteiger partial charge on any atom is 0.435 e. The smallest absolute Gasteiger partial charge is 0.434 e. The topological polar surface area (TPSA) is 98.2 Å². The highest BCUT2D eigenvalue weighted by Crippen LogP contribution is 2.32. The second-order valence-electron chi connectivity index (χ2n) is 6.38. The van der Waals surface area contributed by atoms with Gasteiger partial charge in [0.15, 0.2) is 27.1 Å². The Balaban J connectivity index is 2.02. The van der Waals surface area contributed by atoms with Gasteiger partial charge in [0, 0.05) is 18.0 Å². The fourth-order valence-electron chi connectivity index (χ4n) is 2.42. The first kappa shape index (κ1) is 23.1. The number of nitrogens with one attached hydrogen (secondary N) is 1. The molecule has 3 rings (SSSR count). The molecule has 32 heavy (non-hydrogen) atoms. The van der Waals surface area contributed by atoms with Crippen molar-refractivity contribution in [3.63, 3.8) is 0 Å². The first-order valence-electron chi connectivity index (χ1n) is 8.54. The van der Waals surface area contributed by atoms with E-state index in [1.165, 1.54) is 18.2 Å². The molecule has 3 aromatic rings. The van der Waals surface area contributed by atoms with Crippen LogP contribution in [-0.4, -0.2) is 30.8 Å². The van der Waals surface area contributed by atoms with Gasteiger partial charge in [-0.3, -0.25) is 4.79 Å². The van der Waals surface area contributed by atoms with E-state index in [1.807, 2.05) is 0 Å². The number of carbonyl (C=O) groups excluding carboxylic acids is 1. The van der Waals surface area contributed by atoms with E-state index in [0.29, 0.717) is 18.2 Å². The molecule has 13 heteroatoms. The van der Waals surface area contributed by atoms with Crippen LogP contribution in [-0.2, 0) is 16.0 Å².